The number of para-hydroxylation sites is 2. The number of anilines is 2. The molecule has 0 unspecified atom stereocenters. The van der Waals surface area contributed by atoms with Gasteiger partial charge in [0.25, 0.3) is 5.91 Å². The SMILES string of the molecule is COc1cc(N2CCn3c(nc4ccccc43)C2)ccc1NC(=O)c1ccc(-n2cccc2)cc1. The number of aromatic nitrogens is 3. The molecule has 2 aromatic heterocycles. The predicted molar refractivity (Wildman–Crippen MR) is 137 cm³/mol. The molecular formula is C28H25N5O2. The van der Waals surface area contributed by atoms with Crippen molar-refractivity contribution in [3.05, 3.63) is 103 Å². The van der Waals surface area contributed by atoms with E-state index < -0.39 is 0 Å². The number of methoxy groups -OCH3 is 1. The zero-order valence-electron chi connectivity index (χ0n) is 19.4. The molecule has 7 nitrogen and oxygen atoms in total. The minimum atomic E-state index is -0.179. The summed E-state index contributed by atoms with van der Waals surface area (Å²) in [6.07, 6.45) is 3.94. The van der Waals surface area contributed by atoms with Crippen LogP contribution in [0.3, 0.4) is 0 Å². The van der Waals surface area contributed by atoms with Crippen molar-refractivity contribution in [3.8, 4) is 11.4 Å². The molecule has 7 heteroatoms. The van der Waals surface area contributed by atoms with E-state index in [2.05, 4.69) is 33.0 Å². The third kappa shape index (κ3) is 3.91. The van der Waals surface area contributed by atoms with Crippen LogP contribution in [-0.2, 0) is 13.1 Å². The molecule has 0 saturated carbocycles. The number of nitrogens with zero attached hydrogens (tertiary/aromatic N) is 4. The van der Waals surface area contributed by atoms with Gasteiger partial charge in [-0.25, -0.2) is 4.98 Å². The number of ether oxygens (including phenoxy) is 1. The summed E-state index contributed by atoms with van der Waals surface area (Å²) in [5.41, 5.74) is 5.47. The Hall–Kier alpha value is -4.52. The number of hydrogen-bond acceptors (Lipinski definition) is 4. The van der Waals surface area contributed by atoms with Gasteiger partial charge in [-0.15, -0.1) is 0 Å². The highest BCUT2D eigenvalue weighted by molar-refractivity contribution is 6.05. The zero-order chi connectivity index (χ0) is 23.8. The first-order chi connectivity index (χ1) is 17.2. The average Bonchev–Trinajstić information content (AvgIpc) is 3.57. The zero-order valence-corrected chi connectivity index (χ0v) is 19.4. The summed E-state index contributed by atoms with van der Waals surface area (Å²) >= 11 is 0. The van der Waals surface area contributed by atoms with Crippen molar-refractivity contribution in [1.82, 2.24) is 14.1 Å². The van der Waals surface area contributed by atoms with Gasteiger partial charge in [-0.1, -0.05) is 12.1 Å². The Morgan fingerprint density at radius 1 is 0.914 bits per heavy atom. The van der Waals surface area contributed by atoms with Gasteiger partial charge in [0.05, 0.1) is 30.4 Å². The van der Waals surface area contributed by atoms with Gasteiger partial charge in [0, 0.05) is 48.5 Å². The van der Waals surface area contributed by atoms with Crippen molar-refractivity contribution in [3.63, 3.8) is 0 Å². The molecule has 0 atom stereocenters. The number of fused-ring (bicyclic) bond motifs is 3. The molecule has 0 aliphatic carbocycles. The quantitative estimate of drug-likeness (QED) is 0.394. The number of carbonyl (C=O) groups is 1. The molecule has 0 radical (unpaired) electrons. The van der Waals surface area contributed by atoms with Crippen molar-refractivity contribution in [2.45, 2.75) is 13.1 Å². The van der Waals surface area contributed by atoms with E-state index in [-0.39, 0.29) is 5.91 Å². The van der Waals surface area contributed by atoms with Crippen LogP contribution in [0.4, 0.5) is 11.4 Å². The third-order valence-corrected chi connectivity index (χ3v) is 6.49. The first kappa shape index (κ1) is 21.0. The molecule has 0 bridgehead atoms. The molecule has 3 aromatic carbocycles. The van der Waals surface area contributed by atoms with Crippen molar-refractivity contribution >= 4 is 28.3 Å². The van der Waals surface area contributed by atoms with E-state index in [1.54, 1.807) is 7.11 Å². The van der Waals surface area contributed by atoms with E-state index in [1.165, 1.54) is 5.52 Å². The maximum absolute atomic E-state index is 12.9. The minimum absolute atomic E-state index is 0.179. The van der Waals surface area contributed by atoms with E-state index in [4.69, 9.17) is 9.72 Å². The van der Waals surface area contributed by atoms with Crippen LogP contribution < -0.4 is 15.0 Å². The second-order valence-electron chi connectivity index (χ2n) is 8.57. The van der Waals surface area contributed by atoms with E-state index in [9.17, 15) is 4.79 Å². The summed E-state index contributed by atoms with van der Waals surface area (Å²) in [5.74, 6) is 1.50. The van der Waals surface area contributed by atoms with Gasteiger partial charge in [-0.05, 0) is 60.7 Å². The van der Waals surface area contributed by atoms with E-state index >= 15 is 0 Å². The maximum atomic E-state index is 12.9. The van der Waals surface area contributed by atoms with Crippen LogP contribution in [0.2, 0.25) is 0 Å². The number of imidazole rings is 1. The van der Waals surface area contributed by atoms with E-state index in [0.717, 1.165) is 42.4 Å². The van der Waals surface area contributed by atoms with Gasteiger partial charge < -0.3 is 24.1 Å². The van der Waals surface area contributed by atoms with Crippen molar-refractivity contribution in [1.29, 1.82) is 0 Å². The molecule has 0 fully saturated rings. The molecule has 0 spiro atoms. The van der Waals surface area contributed by atoms with Crippen LogP contribution in [0.1, 0.15) is 16.2 Å². The fraction of sp³-hybridized carbons (Fsp3) is 0.143. The number of amides is 1. The Balaban J connectivity index is 1.19. The van der Waals surface area contributed by atoms with Crippen LogP contribution in [-0.4, -0.2) is 33.7 Å². The second kappa shape index (κ2) is 8.68. The van der Waals surface area contributed by atoms with Crippen LogP contribution in [0.15, 0.2) is 91.3 Å². The highest BCUT2D eigenvalue weighted by Crippen LogP contribution is 2.32. The molecule has 1 aliphatic rings. The first-order valence-corrected chi connectivity index (χ1v) is 11.6. The number of hydrogen-bond donors (Lipinski definition) is 1. The van der Waals surface area contributed by atoms with E-state index in [1.807, 2.05) is 77.6 Å². The first-order valence-electron chi connectivity index (χ1n) is 11.6. The molecule has 3 heterocycles. The van der Waals surface area contributed by atoms with Crippen molar-refractivity contribution in [2.75, 3.05) is 23.9 Å². The third-order valence-electron chi connectivity index (χ3n) is 6.49. The Morgan fingerprint density at radius 2 is 1.69 bits per heavy atom. The fourth-order valence-corrected chi connectivity index (χ4v) is 4.65. The van der Waals surface area contributed by atoms with Crippen molar-refractivity contribution in [2.24, 2.45) is 0 Å². The summed E-state index contributed by atoms with van der Waals surface area (Å²) < 4.78 is 9.92. The summed E-state index contributed by atoms with van der Waals surface area (Å²) in [6.45, 7) is 2.46. The number of carbonyl (C=O) groups excluding carboxylic acids is 1. The standard InChI is InChI=1S/C28H25N5O2/c1-35-26-18-22(32-16-17-33-25-7-3-2-6-23(25)29-27(33)19-32)12-13-24(26)30-28(34)20-8-10-21(11-9-20)31-14-4-5-15-31/h2-15,18H,16-17,19H2,1H3,(H,30,34). The number of rotatable bonds is 5. The van der Waals surface area contributed by atoms with Crippen LogP contribution >= 0.6 is 0 Å². The Labute approximate surface area is 203 Å². The minimum Gasteiger partial charge on any atom is -0.494 e. The summed E-state index contributed by atoms with van der Waals surface area (Å²) in [7, 11) is 1.62. The van der Waals surface area contributed by atoms with Crippen LogP contribution in [0.5, 0.6) is 5.75 Å². The molecule has 1 aliphatic heterocycles. The molecule has 5 aromatic rings. The molecule has 1 amide bonds. The van der Waals surface area contributed by atoms with Crippen LogP contribution in [0, 0.1) is 0 Å². The average molecular weight is 464 g/mol. The van der Waals surface area contributed by atoms with Gasteiger partial charge in [0.1, 0.15) is 11.6 Å². The van der Waals surface area contributed by atoms with Gasteiger partial charge in [0.2, 0.25) is 0 Å². The second-order valence-corrected chi connectivity index (χ2v) is 8.57. The summed E-state index contributed by atoms with van der Waals surface area (Å²) in [6, 6.07) is 25.6. The van der Waals surface area contributed by atoms with Gasteiger partial charge >= 0.3 is 0 Å². The summed E-state index contributed by atoms with van der Waals surface area (Å²) in [4.78, 5) is 20.0. The van der Waals surface area contributed by atoms with Gasteiger partial charge in [0.15, 0.2) is 0 Å². The maximum Gasteiger partial charge on any atom is 0.255 e. The van der Waals surface area contributed by atoms with Gasteiger partial charge in [-0.3, -0.25) is 4.79 Å². The fourth-order valence-electron chi connectivity index (χ4n) is 4.65. The highest BCUT2D eigenvalue weighted by atomic mass is 16.5. The largest absolute Gasteiger partial charge is 0.494 e. The molecule has 1 N–H and O–H groups in total. The number of nitrogens with one attached hydrogen (secondary N) is 1. The van der Waals surface area contributed by atoms with Crippen molar-refractivity contribution < 1.29 is 9.53 Å². The molecular weight excluding hydrogens is 438 g/mol. The monoisotopic (exact) mass is 463 g/mol. The Kier molecular flexibility index (Phi) is 5.22. The predicted octanol–water partition coefficient (Wildman–Crippen LogP) is 5.11. The molecule has 0 saturated heterocycles. The lowest BCUT2D eigenvalue weighted by molar-refractivity contribution is 0.102. The van der Waals surface area contributed by atoms with Crippen LogP contribution in [0.25, 0.3) is 16.7 Å². The lowest BCUT2D eigenvalue weighted by Crippen LogP contribution is -2.33. The Bertz CT molecular complexity index is 1500. The topological polar surface area (TPSA) is 64.3 Å². The smallest absolute Gasteiger partial charge is 0.255 e. The normalized spacial score (nSPS) is 13.0. The van der Waals surface area contributed by atoms with Gasteiger partial charge in [-0.2, -0.15) is 0 Å². The Morgan fingerprint density at radius 3 is 2.49 bits per heavy atom. The molecule has 6 rings (SSSR count). The summed E-state index contributed by atoms with van der Waals surface area (Å²) in [5, 5.41) is 2.99. The molecule has 35 heavy (non-hydrogen) atoms. The van der Waals surface area contributed by atoms with E-state index in [0.29, 0.717) is 17.0 Å². The molecule has 174 valence electrons. The lowest BCUT2D eigenvalue weighted by atomic mass is 10.1. The highest BCUT2D eigenvalue weighted by Gasteiger charge is 2.21. The number of benzene rings is 3. The lowest BCUT2D eigenvalue weighted by Gasteiger charge is -2.30.